The van der Waals surface area contributed by atoms with E-state index in [1.54, 1.807) is 0 Å². The van der Waals surface area contributed by atoms with Gasteiger partial charge in [-0.3, -0.25) is 14.8 Å². The van der Waals surface area contributed by atoms with Gasteiger partial charge in [0, 0.05) is 0 Å². The van der Waals surface area contributed by atoms with E-state index in [-0.39, 0.29) is 4.68 Å². The van der Waals surface area contributed by atoms with Crippen LogP contribution in [0.4, 0.5) is 18.9 Å². The Bertz CT molecular complexity index is 407. The van der Waals surface area contributed by atoms with Gasteiger partial charge in [0.2, 0.25) is 0 Å². The molecule has 0 unspecified atom stereocenters. The highest BCUT2D eigenvalue weighted by Crippen LogP contribution is 2.21. The van der Waals surface area contributed by atoms with Crippen LogP contribution < -0.4 is 5.11 Å². The molecule has 0 saturated heterocycles. The number of carbonyl (C=O) groups is 1. The molecule has 0 N–H and O–H groups in total. The van der Waals surface area contributed by atoms with Crippen molar-refractivity contribution in [1.82, 2.24) is 9.78 Å². The summed E-state index contributed by atoms with van der Waals surface area (Å²) in [7, 11) is 0. The number of carboxylic acids is 1. The molecule has 0 bridgehead atoms. The van der Waals surface area contributed by atoms with Gasteiger partial charge in [0.1, 0.15) is 12.7 Å². The van der Waals surface area contributed by atoms with Gasteiger partial charge < -0.3 is 9.90 Å². The lowest BCUT2D eigenvalue weighted by atomic mass is 10.4. The zero-order valence-electron chi connectivity index (χ0n) is 7.39. The van der Waals surface area contributed by atoms with Crippen LogP contribution in [0, 0.1) is 10.1 Å². The Morgan fingerprint density at radius 3 is 2.44 bits per heavy atom. The van der Waals surface area contributed by atoms with Gasteiger partial charge in [-0.05, 0) is 0 Å². The number of aromatic carboxylic acids is 1. The Morgan fingerprint density at radius 2 is 2.12 bits per heavy atom. The Kier molecular flexibility index (Phi) is 2.83. The van der Waals surface area contributed by atoms with E-state index >= 15 is 0 Å². The number of hydrogen-bond donors (Lipinski definition) is 0. The highest BCUT2D eigenvalue weighted by molar-refractivity contribution is 5.88. The van der Waals surface area contributed by atoms with Gasteiger partial charge in [0.25, 0.3) is 0 Å². The van der Waals surface area contributed by atoms with Gasteiger partial charge in [-0.1, -0.05) is 0 Å². The summed E-state index contributed by atoms with van der Waals surface area (Å²) < 4.78 is 35.8. The highest BCUT2D eigenvalue weighted by Gasteiger charge is 2.30. The molecular weight excluding hydrogens is 235 g/mol. The fourth-order valence-corrected chi connectivity index (χ4v) is 0.955. The zero-order valence-corrected chi connectivity index (χ0v) is 7.39. The Labute approximate surface area is 85.2 Å². The van der Waals surface area contributed by atoms with E-state index < -0.39 is 35.0 Å². The molecule has 7 nitrogen and oxygen atoms in total. The first kappa shape index (κ1) is 11.9. The van der Waals surface area contributed by atoms with E-state index in [0.29, 0.717) is 6.20 Å². The summed E-state index contributed by atoms with van der Waals surface area (Å²) in [4.78, 5) is 19.5. The van der Waals surface area contributed by atoms with E-state index in [2.05, 4.69) is 5.10 Å². The number of carboxylic acid groups (broad SMARTS) is 1. The minimum Gasteiger partial charge on any atom is -0.543 e. The Morgan fingerprint density at radius 1 is 1.56 bits per heavy atom. The fourth-order valence-electron chi connectivity index (χ4n) is 0.955. The number of aromatic nitrogens is 2. The topological polar surface area (TPSA) is 101 Å². The van der Waals surface area contributed by atoms with Gasteiger partial charge in [-0.15, -0.1) is 0 Å². The van der Waals surface area contributed by atoms with Crippen molar-refractivity contribution in [1.29, 1.82) is 0 Å². The molecule has 0 saturated carbocycles. The van der Waals surface area contributed by atoms with Crippen LogP contribution >= 0.6 is 0 Å². The van der Waals surface area contributed by atoms with Crippen LogP contribution in [0.15, 0.2) is 6.20 Å². The molecule has 0 aromatic carbocycles. The van der Waals surface area contributed by atoms with E-state index in [9.17, 15) is 33.2 Å². The maximum absolute atomic E-state index is 11.9. The second-order valence-electron chi connectivity index (χ2n) is 2.72. The van der Waals surface area contributed by atoms with Gasteiger partial charge in [0.15, 0.2) is 5.69 Å². The molecule has 0 atom stereocenters. The summed E-state index contributed by atoms with van der Waals surface area (Å²) in [5, 5.41) is 23.5. The van der Waals surface area contributed by atoms with Crippen LogP contribution in [-0.2, 0) is 6.54 Å². The number of carbonyl (C=O) groups excluding carboxylic acids is 1. The number of rotatable bonds is 3. The van der Waals surface area contributed by atoms with Crippen LogP contribution in [-0.4, -0.2) is 26.8 Å². The molecule has 0 spiro atoms. The summed E-state index contributed by atoms with van der Waals surface area (Å²) >= 11 is 0. The first-order valence-electron chi connectivity index (χ1n) is 3.70. The third-order valence-electron chi connectivity index (χ3n) is 1.47. The van der Waals surface area contributed by atoms with Crippen molar-refractivity contribution < 1.29 is 28.0 Å². The lowest BCUT2D eigenvalue weighted by Gasteiger charge is -2.04. The summed E-state index contributed by atoms with van der Waals surface area (Å²) in [5.41, 5.74) is -2.17. The van der Waals surface area contributed by atoms with Gasteiger partial charge >= 0.3 is 11.9 Å². The predicted molar refractivity (Wildman–Crippen MR) is 39.3 cm³/mol. The Balaban J connectivity index is 3.12. The van der Waals surface area contributed by atoms with E-state index in [4.69, 9.17) is 0 Å². The Hall–Kier alpha value is -2.13. The van der Waals surface area contributed by atoms with Crippen molar-refractivity contribution in [2.24, 2.45) is 0 Å². The molecule has 10 heteroatoms. The summed E-state index contributed by atoms with van der Waals surface area (Å²) in [6.07, 6.45) is -4.26. The van der Waals surface area contributed by atoms with Crippen LogP contribution in [0.25, 0.3) is 0 Å². The quantitative estimate of drug-likeness (QED) is 0.532. The number of halogens is 3. The van der Waals surface area contributed by atoms with Crippen LogP contribution in [0.3, 0.4) is 0 Å². The van der Waals surface area contributed by atoms with Crippen molar-refractivity contribution in [2.45, 2.75) is 12.7 Å². The number of alkyl halides is 3. The van der Waals surface area contributed by atoms with Crippen LogP contribution in [0.2, 0.25) is 0 Å². The van der Waals surface area contributed by atoms with Gasteiger partial charge in [-0.2, -0.15) is 18.3 Å². The maximum Gasteiger partial charge on any atom is 0.408 e. The van der Waals surface area contributed by atoms with E-state index in [1.807, 2.05) is 0 Å². The minimum absolute atomic E-state index is 0.128. The molecule has 16 heavy (non-hydrogen) atoms. The standard InChI is InChI=1S/C6H4F3N3O4/c7-6(8,9)2-11-1-3(12(15)16)4(10-11)5(13)14/h1H,2H2,(H,13,14)/p-1. The summed E-state index contributed by atoms with van der Waals surface area (Å²) in [5.74, 6) is -2.01. The normalized spacial score (nSPS) is 11.4. The molecule has 88 valence electrons. The average Bonchev–Trinajstić information content (AvgIpc) is 2.44. The third kappa shape index (κ3) is 2.68. The molecule has 0 fully saturated rings. The molecule has 1 aromatic heterocycles. The maximum atomic E-state index is 11.9. The molecule has 1 rings (SSSR count). The predicted octanol–water partition coefficient (Wildman–Crippen LogP) is -0.283. The lowest BCUT2D eigenvalue weighted by molar-refractivity contribution is -0.386. The minimum atomic E-state index is -4.65. The van der Waals surface area contributed by atoms with Crippen molar-refractivity contribution in [3.63, 3.8) is 0 Å². The molecule has 0 aliphatic heterocycles. The van der Waals surface area contributed by atoms with Gasteiger partial charge in [0.05, 0.1) is 10.9 Å². The molecule has 1 heterocycles. The van der Waals surface area contributed by atoms with Gasteiger partial charge in [-0.25, -0.2) is 0 Å². The second kappa shape index (κ2) is 3.79. The van der Waals surface area contributed by atoms with Crippen molar-refractivity contribution in [2.75, 3.05) is 0 Å². The average molecular weight is 238 g/mol. The fraction of sp³-hybridized carbons (Fsp3) is 0.333. The lowest BCUT2D eigenvalue weighted by Crippen LogP contribution is -2.24. The van der Waals surface area contributed by atoms with E-state index in [1.165, 1.54) is 0 Å². The molecule has 1 aromatic rings. The number of nitro groups is 1. The third-order valence-corrected chi connectivity index (χ3v) is 1.47. The summed E-state index contributed by atoms with van der Waals surface area (Å²) in [6.45, 7) is -1.61. The first-order chi connectivity index (χ1) is 7.20. The number of hydrogen-bond acceptors (Lipinski definition) is 5. The largest absolute Gasteiger partial charge is 0.543 e. The molecule has 0 amide bonds. The van der Waals surface area contributed by atoms with E-state index in [0.717, 1.165) is 0 Å². The molecule has 0 aliphatic rings. The zero-order chi connectivity index (χ0) is 12.5. The first-order valence-corrected chi connectivity index (χ1v) is 3.70. The second-order valence-corrected chi connectivity index (χ2v) is 2.72. The molecule has 0 radical (unpaired) electrons. The highest BCUT2D eigenvalue weighted by atomic mass is 19.4. The van der Waals surface area contributed by atoms with Crippen LogP contribution in [0.5, 0.6) is 0 Å². The monoisotopic (exact) mass is 238 g/mol. The van der Waals surface area contributed by atoms with Crippen molar-refractivity contribution in [3.05, 3.63) is 22.0 Å². The van der Waals surface area contributed by atoms with Crippen LogP contribution in [0.1, 0.15) is 10.5 Å². The van der Waals surface area contributed by atoms with Crippen molar-refractivity contribution >= 4 is 11.7 Å². The smallest absolute Gasteiger partial charge is 0.408 e. The van der Waals surface area contributed by atoms with Crippen molar-refractivity contribution in [3.8, 4) is 0 Å². The molecular formula is C6H3F3N3O4-. The summed E-state index contributed by atoms with van der Waals surface area (Å²) in [6, 6.07) is 0. The molecule has 0 aliphatic carbocycles. The SMILES string of the molecule is O=C([O-])c1nn(CC(F)(F)F)cc1[N+](=O)[O-]. The number of nitrogens with zero attached hydrogens (tertiary/aromatic N) is 3.